The molecule has 0 aliphatic rings. The minimum Gasteiger partial charge on any atom is -0.370 e. The summed E-state index contributed by atoms with van der Waals surface area (Å²) in [5.74, 6) is 1.71. The Morgan fingerprint density at radius 2 is 1.70 bits per heavy atom. The summed E-state index contributed by atoms with van der Waals surface area (Å²) in [5.41, 5.74) is 0. The van der Waals surface area contributed by atoms with Gasteiger partial charge in [-0.3, -0.25) is 4.79 Å². The van der Waals surface area contributed by atoms with E-state index in [1.165, 1.54) is 6.33 Å². The fourth-order valence-electron chi connectivity index (χ4n) is 1.84. The lowest BCUT2D eigenvalue weighted by atomic mass is 10.3. The van der Waals surface area contributed by atoms with Gasteiger partial charge >= 0.3 is 0 Å². The van der Waals surface area contributed by atoms with Crippen molar-refractivity contribution in [1.82, 2.24) is 14.9 Å². The van der Waals surface area contributed by atoms with E-state index in [2.05, 4.69) is 27.5 Å². The van der Waals surface area contributed by atoms with Crippen molar-refractivity contribution in [2.24, 2.45) is 0 Å². The normalized spacial score (nSPS) is 10.2. The van der Waals surface area contributed by atoms with E-state index in [-0.39, 0.29) is 5.91 Å². The average molecular weight is 279 g/mol. The van der Waals surface area contributed by atoms with E-state index in [9.17, 15) is 4.79 Å². The number of hydrogen-bond donors (Lipinski definition) is 2. The molecule has 0 unspecified atom stereocenters. The highest BCUT2D eigenvalue weighted by atomic mass is 16.2. The number of nitrogens with zero attached hydrogens (tertiary/aromatic N) is 3. The third-order valence-electron chi connectivity index (χ3n) is 2.98. The number of anilines is 2. The Morgan fingerprint density at radius 1 is 1.10 bits per heavy atom. The molecule has 6 nitrogen and oxygen atoms in total. The number of amides is 1. The first-order valence-electron chi connectivity index (χ1n) is 7.28. The maximum absolute atomic E-state index is 11.8. The van der Waals surface area contributed by atoms with E-state index < -0.39 is 0 Å². The van der Waals surface area contributed by atoms with Crippen LogP contribution in [0.4, 0.5) is 11.6 Å². The van der Waals surface area contributed by atoms with Gasteiger partial charge in [0.25, 0.3) is 0 Å². The predicted molar refractivity (Wildman–Crippen MR) is 81.8 cm³/mol. The molecule has 20 heavy (non-hydrogen) atoms. The lowest BCUT2D eigenvalue weighted by Crippen LogP contribution is -2.31. The van der Waals surface area contributed by atoms with Crippen LogP contribution in [-0.2, 0) is 4.79 Å². The number of carbonyl (C=O) groups is 1. The highest BCUT2D eigenvalue weighted by molar-refractivity contribution is 5.76. The van der Waals surface area contributed by atoms with Gasteiger partial charge in [-0.2, -0.15) is 0 Å². The maximum atomic E-state index is 11.8. The molecule has 0 aromatic carbocycles. The molecule has 1 amide bonds. The second-order valence-electron chi connectivity index (χ2n) is 4.46. The summed E-state index contributed by atoms with van der Waals surface area (Å²) in [5, 5.41) is 6.36. The minimum absolute atomic E-state index is 0.167. The smallest absolute Gasteiger partial charge is 0.224 e. The topological polar surface area (TPSA) is 70.2 Å². The van der Waals surface area contributed by atoms with Crippen LogP contribution in [0.1, 0.15) is 33.6 Å². The number of rotatable bonds is 9. The number of aromatic nitrogens is 2. The Morgan fingerprint density at radius 3 is 2.25 bits per heavy atom. The Kier molecular flexibility index (Phi) is 7.39. The van der Waals surface area contributed by atoms with Crippen LogP contribution in [-0.4, -0.2) is 47.0 Å². The highest BCUT2D eigenvalue weighted by Crippen LogP contribution is 2.08. The Bertz CT molecular complexity index is 406. The third kappa shape index (κ3) is 5.42. The molecule has 2 N–H and O–H groups in total. The molecule has 1 heterocycles. The first-order valence-corrected chi connectivity index (χ1v) is 7.28. The van der Waals surface area contributed by atoms with Gasteiger partial charge in [-0.15, -0.1) is 0 Å². The number of nitrogens with one attached hydrogen (secondary N) is 2. The molecule has 0 atom stereocenters. The van der Waals surface area contributed by atoms with Gasteiger partial charge in [-0.25, -0.2) is 9.97 Å². The van der Waals surface area contributed by atoms with Crippen molar-refractivity contribution in [1.29, 1.82) is 0 Å². The molecule has 0 bridgehead atoms. The van der Waals surface area contributed by atoms with Gasteiger partial charge in [0, 0.05) is 38.7 Å². The molecule has 0 saturated carbocycles. The number of carbonyl (C=O) groups excluding carboxylic acids is 1. The lowest BCUT2D eigenvalue weighted by molar-refractivity contribution is -0.130. The van der Waals surface area contributed by atoms with Crippen LogP contribution in [0.15, 0.2) is 12.4 Å². The molecule has 0 aliphatic carbocycles. The fraction of sp³-hybridized carbons (Fsp3) is 0.643. The zero-order valence-electron chi connectivity index (χ0n) is 12.6. The molecule has 112 valence electrons. The number of hydrogen-bond acceptors (Lipinski definition) is 5. The molecular weight excluding hydrogens is 254 g/mol. The van der Waals surface area contributed by atoms with E-state index in [1.54, 1.807) is 0 Å². The van der Waals surface area contributed by atoms with E-state index >= 15 is 0 Å². The summed E-state index contributed by atoms with van der Waals surface area (Å²) in [6, 6.07) is 1.86. The molecule has 0 spiro atoms. The van der Waals surface area contributed by atoms with Gasteiger partial charge in [-0.05, 0) is 20.3 Å². The maximum Gasteiger partial charge on any atom is 0.224 e. The van der Waals surface area contributed by atoms with Crippen molar-refractivity contribution in [2.75, 3.05) is 36.8 Å². The first-order chi connectivity index (χ1) is 9.71. The van der Waals surface area contributed by atoms with Gasteiger partial charge < -0.3 is 15.5 Å². The van der Waals surface area contributed by atoms with Gasteiger partial charge in [0.2, 0.25) is 5.91 Å². The largest absolute Gasteiger partial charge is 0.370 e. The molecule has 1 aromatic heterocycles. The molecule has 6 heteroatoms. The molecule has 0 fully saturated rings. The quantitative estimate of drug-likeness (QED) is 0.723. The van der Waals surface area contributed by atoms with Crippen LogP contribution in [0.5, 0.6) is 0 Å². The second-order valence-corrected chi connectivity index (χ2v) is 4.46. The third-order valence-corrected chi connectivity index (χ3v) is 2.98. The Balaban J connectivity index is 2.39. The molecule has 0 aliphatic heterocycles. The van der Waals surface area contributed by atoms with Crippen LogP contribution < -0.4 is 10.6 Å². The minimum atomic E-state index is 0.167. The zero-order valence-corrected chi connectivity index (χ0v) is 12.6. The summed E-state index contributed by atoms with van der Waals surface area (Å²) in [4.78, 5) is 22.0. The molecule has 1 aromatic rings. The predicted octanol–water partition coefficient (Wildman–Crippen LogP) is 1.97. The second kappa shape index (κ2) is 9.12. The SMILES string of the molecule is CCCNc1cc(NCCC(=O)N(CC)CC)ncn1. The van der Waals surface area contributed by atoms with Gasteiger partial charge in [0.1, 0.15) is 18.0 Å². The van der Waals surface area contributed by atoms with Crippen LogP contribution in [0.2, 0.25) is 0 Å². The monoisotopic (exact) mass is 279 g/mol. The summed E-state index contributed by atoms with van der Waals surface area (Å²) >= 11 is 0. The average Bonchev–Trinajstić information content (AvgIpc) is 2.47. The molecule has 0 radical (unpaired) electrons. The summed E-state index contributed by atoms with van der Waals surface area (Å²) < 4.78 is 0. The molecular formula is C14H25N5O. The van der Waals surface area contributed by atoms with Crippen LogP contribution >= 0.6 is 0 Å². The van der Waals surface area contributed by atoms with Crippen molar-refractivity contribution in [3.63, 3.8) is 0 Å². The van der Waals surface area contributed by atoms with Crippen molar-refractivity contribution in [3.05, 3.63) is 12.4 Å². The first kappa shape index (κ1) is 16.2. The van der Waals surface area contributed by atoms with E-state index in [0.717, 1.165) is 37.7 Å². The lowest BCUT2D eigenvalue weighted by Gasteiger charge is -2.18. The van der Waals surface area contributed by atoms with E-state index in [1.807, 2.05) is 24.8 Å². The van der Waals surface area contributed by atoms with Crippen LogP contribution in [0, 0.1) is 0 Å². The van der Waals surface area contributed by atoms with Crippen LogP contribution in [0.25, 0.3) is 0 Å². The summed E-state index contributed by atoms with van der Waals surface area (Å²) in [7, 11) is 0. The highest BCUT2D eigenvalue weighted by Gasteiger charge is 2.08. The zero-order chi connectivity index (χ0) is 14.8. The summed E-state index contributed by atoms with van der Waals surface area (Å²) in [6.07, 6.45) is 3.04. The fourth-order valence-corrected chi connectivity index (χ4v) is 1.84. The van der Waals surface area contributed by atoms with Crippen molar-refractivity contribution in [3.8, 4) is 0 Å². The van der Waals surface area contributed by atoms with Gasteiger partial charge in [0.15, 0.2) is 0 Å². The standard InChI is InChI=1S/C14H25N5O/c1-4-8-15-12-10-13(18-11-17-12)16-9-7-14(20)19(5-2)6-3/h10-11H,4-9H2,1-3H3,(H2,15,16,17,18). The van der Waals surface area contributed by atoms with E-state index in [0.29, 0.717) is 13.0 Å². The Labute approximate surface area is 121 Å². The van der Waals surface area contributed by atoms with E-state index in [4.69, 9.17) is 0 Å². The van der Waals surface area contributed by atoms with Crippen molar-refractivity contribution in [2.45, 2.75) is 33.6 Å². The molecule has 0 saturated heterocycles. The Hall–Kier alpha value is -1.85. The molecule has 1 rings (SSSR count). The van der Waals surface area contributed by atoms with Gasteiger partial charge in [0.05, 0.1) is 0 Å². The van der Waals surface area contributed by atoms with Crippen LogP contribution in [0.3, 0.4) is 0 Å². The van der Waals surface area contributed by atoms with Gasteiger partial charge in [-0.1, -0.05) is 6.92 Å². The van der Waals surface area contributed by atoms with Crippen molar-refractivity contribution >= 4 is 17.5 Å². The summed E-state index contributed by atoms with van der Waals surface area (Å²) in [6.45, 7) is 9.07. The van der Waals surface area contributed by atoms with Crippen molar-refractivity contribution < 1.29 is 4.79 Å².